The van der Waals surface area contributed by atoms with Crippen molar-refractivity contribution in [2.45, 2.75) is 25.3 Å². The molecule has 140 valence electrons. The van der Waals surface area contributed by atoms with Crippen molar-refractivity contribution in [2.75, 3.05) is 26.5 Å². The lowest BCUT2D eigenvalue weighted by atomic mass is 10.0. The minimum absolute atomic E-state index is 0. The summed E-state index contributed by atoms with van der Waals surface area (Å²) < 4.78 is 10.7. The number of nitrogen functional groups attached to an aromatic ring is 1. The molecule has 1 aliphatic rings. The van der Waals surface area contributed by atoms with Gasteiger partial charge in [-0.2, -0.15) is 0 Å². The highest BCUT2D eigenvalue weighted by molar-refractivity contribution is 5.85. The van der Waals surface area contributed by atoms with Gasteiger partial charge in [-0.15, -0.1) is 12.4 Å². The van der Waals surface area contributed by atoms with Gasteiger partial charge in [0.2, 0.25) is 5.91 Å². The second kappa shape index (κ2) is 8.81. The molecule has 1 aliphatic heterocycles. The third-order valence-corrected chi connectivity index (χ3v) is 4.70. The molecule has 1 atom stereocenters. The van der Waals surface area contributed by atoms with Gasteiger partial charge in [-0.25, -0.2) is 0 Å². The van der Waals surface area contributed by atoms with Gasteiger partial charge < -0.3 is 20.1 Å². The van der Waals surface area contributed by atoms with Crippen LogP contribution in [0.25, 0.3) is 0 Å². The Morgan fingerprint density at radius 3 is 2.46 bits per heavy atom. The number of nitrogens with two attached hydrogens (primary N) is 1. The van der Waals surface area contributed by atoms with Gasteiger partial charge in [0.1, 0.15) is 0 Å². The smallest absolute Gasteiger partial charge is 0.227 e. The van der Waals surface area contributed by atoms with Crippen LogP contribution >= 0.6 is 12.4 Å². The molecule has 1 saturated heterocycles. The Bertz CT molecular complexity index is 749. The van der Waals surface area contributed by atoms with E-state index in [2.05, 4.69) is 0 Å². The number of carbonyl (C=O) groups excluding carboxylic acids is 1. The maximum Gasteiger partial charge on any atom is 0.227 e. The molecule has 1 amide bonds. The molecule has 5 nitrogen and oxygen atoms in total. The van der Waals surface area contributed by atoms with Gasteiger partial charge in [0, 0.05) is 12.2 Å². The molecular weight excluding hydrogens is 352 g/mol. The van der Waals surface area contributed by atoms with Gasteiger partial charge in [-0.1, -0.05) is 18.2 Å². The number of halogens is 1. The highest BCUT2D eigenvalue weighted by atomic mass is 35.5. The topological polar surface area (TPSA) is 64.8 Å². The van der Waals surface area contributed by atoms with Crippen molar-refractivity contribution in [1.29, 1.82) is 0 Å². The van der Waals surface area contributed by atoms with E-state index in [9.17, 15) is 4.79 Å². The number of benzene rings is 2. The third-order valence-electron chi connectivity index (χ3n) is 4.70. The lowest BCUT2D eigenvalue weighted by Gasteiger charge is -2.26. The zero-order valence-electron chi connectivity index (χ0n) is 15.1. The lowest BCUT2D eigenvalue weighted by molar-refractivity contribution is -0.131. The molecule has 6 heteroatoms. The van der Waals surface area contributed by atoms with Crippen LogP contribution in [-0.4, -0.2) is 31.6 Å². The Hall–Kier alpha value is -2.40. The Balaban J connectivity index is 0.00000243. The number of amides is 1. The van der Waals surface area contributed by atoms with E-state index in [0.717, 1.165) is 30.5 Å². The van der Waals surface area contributed by atoms with Crippen LogP contribution in [0.2, 0.25) is 0 Å². The van der Waals surface area contributed by atoms with E-state index in [4.69, 9.17) is 15.2 Å². The quantitative estimate of drug-likeness (QED) is 0.809. The number of methoxy groups -OCH3 is 2. The van der Waals surface area contributed by atoms with Crippen LogP contribution in [0.1, 0.15) is 30.0 Å². The summed E-state index contributed by atoms with van der Waals surface area (Å²) in [7, 11) is 3.25. The van der Waals surface area contributed by atoms with E-state index >= 15 is 0 Å². The summed E-state index contributed by atoms with van der Waals surface area (Å²) in [5.74, 6) is 1.53. The minimum atomic E-state index is 0. The second-order valence-corrected chi connectivity index (χ2v) is 6.28. The Labute approximate surface area is 160 Å². The molecule has 0 radical (unpaired) electrons. The van der Waals surface area contributed by atoms with E-state index in [-0.39, 0.29) is 24.4 Å². The molecule has 0 aromatic heterocycles. The monoisotopic (exact) mass is 376 g/mol. The molecule has 0 saturated carbocycles. The zero-order valence-corrected chi connectivity index (χ0v) is 15.9. The van der Waals surface area contributed by atoms with E-state index in [1.165, 1.54) is 0 Å². The van der Waals surface area contributed by atoms with Gasteiger partial charge in [-0.3, -0.25) is 4.79 Å². The number of rotatable bonds is 5. The van der Waals surface area contributed by atoms with Crippen molar-refractivity contribution in [3.05, 3.63) is 53.6 Å². The molecule has 2 aromatic carbocycles. The summed E-state index contributed by atoms with van der Waals surface area (Å²) in [6, 6.07) is 13.5. The number of nitrogens with zero attached hydrogens (tertiary/aromatic N) is 1. The fourth-order valence-corrected chi connectivity index (χ4v) is 3.38. The fraction of sp³-hybridized carbons (Fsp3) is 0.350. The van der Waals surface area contributed by atoms with E-state index in [1.807, 2.05) is 47.4 Å². The maximum atomic E-state index is 12.8. The minimum Gasteiger partial charge on any atom is -0.493 e. The maximum absolute atomic E-state index is 12.8. The highest BCUT2D eigenvalue weighted by Gasteiger charge is 2.30. The second-order valence-electron chi connectivity index (χ2n) is 6.28. The van der Waals surface area contributed by atoms with Gasteiger partial charge in [0.15, 0.2) is 11.5 Å². The third kappa shape index (κ3) is 4.22. The van der Waals surface area contributed by atoms with Crippen molar-refractivity contribution in [3.63, 3.8) is 0 Å². The van der Waals surface area contributed by atoms with Gasteiger partial charge in [0.05, 0.1) is 26.7 Å². The van der Waals surface area contributed by atoms with Crippen molar-refractivity contribution in [3.8, 4) is 11.5 Å². The molecular formula is C20H25ClN2O3. The first-order chi connectivity index (χ1) is 12.1. The van der Waals surface area contributed by atoms with Crippen LogP contribution in [0.3, 0.4) is 0 Å². The number of carbonyl (C=O) groups is 1. The molecule has 0 spiro atoms. The predicted octanol–water partition coefficient (Wildman–Crippen LogP) is 3.61. The first kappa shape index (κ1) is 19.9. The van der Waals surface area contributed by atoms with Crippen LogP contribution in [0.4, 0.5) is 5.69 Å². The number of hydrogen-bond acceptors (Lipinski definition) is 4. The summed E-state index contributed by atoms with van der Waals surface area (Å²) in [6.07, 6.45) is 2.36. The van der Waals surface area contributed by atoms with E-state index < -0.39 is 0 Å². The highest BCUT2D eigenvalue weighted by Crippen LogP contribution is 2.37. The molecule has 3 rings (SSSR count). The molecule has 0 aliphatic carbocycles. The van der Waals surface area contributed by atoms with Crippen LogP contribution in [0.5, 0.6) is 11.5 Å². The zero-order chi connectivity index (χ0) is 17.8. The molecule has 1 unspecified atom stereocenters. The van der Waals surface area contributed by atoms with Crippen LogP contribution in [-0.2, 0) is 11.2 Å². The van der Waals surface area contributed by atoms with Crippen molar-refractivity contribution < 1.29 is 14.3 Å². The summed E-state index contributed by atoms with van der Waals surface area (Å²) in [6.45, 7) is 0.785. The molecule has 2 N–H and O–H groups in total. The Kier molecular flexibility index (Phi) is 6.75. The SMILES string of the molecule is COc1ccc(C2CCCN2C(=O)Cc2ccc(N)cc2)cc1OC.Cl. The first-order valence-corrected chi connectivity index (χ1v) is 8.48. The van der Waals surface area contributed by atoms with E-state index in [0.29, 0.717) is 23.6 Å². The van der Waals surface area contributed by atoms with Crippen LogP contribution in [0, 0.1) is 0 Å². The van der Waals surface area contributed by atoms with Crippen molar-refractivity contribution in [1.82, 2.24) is 4.90 Å². The van der Waals surface area contributed by atoms with Crippen LogP contribution < -0.4 is 15.2 Å². The van der Waals surface area contributed by atoms with Crippen molar-refractivity contribution >= 4 is 24.0 Å². The summed E-state index contributed by atoms with van der Waals surface area (Å²) >= 11 is 0. The molecule has 1 heterocycles. The Morgan fingerprint density at radius 2 is 1.81 bits per heavy atom. The van der Waals surface area contributed by atoms with Crippen LogP contribution in [0.15, 0.2) is 42.5 Å². The predicted molar refractivity (Wildman–Crippen MR) is 105 cm³/mol. The first-order valence-electron chi connectivity index (χ1n) is 8.48. The van der Waals surface area contributed by atoms with Gasteiger partial charge in [-0.05, 0) is 48.2 Å². The average Bonchev–Trinajstić information content (AvgIpc) is 3.13. The number of anilines is 1. The Morgan fingerprint density at radius 1 is 1.12 bits per heavy atom. The van der Waals surface area contributed by atoms with Crippen molar-refractivity contribution in [2.24, 2.45) is 0 Å². The number of likely N-dealkylation sites (tertiary alicyclic amines) is 1. The van der Waals surface area contributed by atoms with Gasteiger partial charge >= 0.3 is 0 Å². The molecule has 2 aromatic rings. The summed E-state index contributed by atoms with van der Waals surface area (Å²) in [5, 5.41) is 0. The largest absolute Gasteiger partial charge is 0.493 e. The molecule has 26 heavy (non-hydrogen) atoms. The standard InChI is InChI=1S/C20H24N2O3.ClH/c1-24-18-10-7-15(13-19(18)25-2)17-4-3-11-22(17)20(23)12-14-5-8-16(21)9-6-14;/h5-10,13,17H,3-4,11-12,21H2,1-2H3;1H. The molecule has 0 bridgehead atoms. The normalized spacial score (nSPS) is 16.1. The number of ether oxygens (including phenoxy) is 2. The fourth-order valence-electron chi connectivity index (χ4n) is 3.38. The van der Waals surface area contributed by atoms with Gasteiger partial charge in [0.25, 0.3) is 0 Å². The lowest BCUT2D eigenvalue weighted by Crippen LogP contribution is -2.31. The average molecular weight is 377 g/mol. The molecule has 1 fully saturated rings. The van der Waals surface area contributed by atoms with E-state index in [1.54, 1.807) is 14.2 Å². The summed E-state index contributed by atoms with van der Waals surface area (Å²) in [5.41, 5.74) is 8.49. The number of hydrogen-bond donors (Lipinski definition) is 1. The summed E-state index contributed by atoms with van der Waals surface area (Å²) in [4.78, 5) is 14.8.